The Morgan fingerprint density at radius 2 is 2.14 bits per heavy atom. The predicted molar refractivity (Wildman–Crippen MR) is 138 cm³/mol. The molecule has 2 aliphatic rings. The number of carbonyl (C=O) groups is 1. The lowest BCUT2D eigenvalue weighted by Gasteiger charge is -2.40. The van der Waals surface area contributed by atoms with E-state index >= 15 is 4.39 Å². The molecule has 192 valence electrons. The van der Waals surface area contributed by atoms with Crippen molar-refractivity contribution in [1.29, 1.82) is 5.26 Å². The Hall–Kier alpha value is -4.17. The Kier molecular flexibility index (Phi) is 6.21. The molecule has 0 saturated carbocycles. The SMILES string of the molecule is Cc1c(-c2cc3cc(NC(=O)OC4CN(CC(C)(C)C#N)C4)ncc3c(N)c2F)cnc2c1NCCO2. The van der Waals surface area contributed by atoms with Gasteiger partial charge < -0.3 is 20.5 Å². The van der Waals surface area contributed by atoms with E-state index < -0.39 is 17.3 Å². The van der Waals surface area contributed by atoms with Crippen LogP contribution in [0.2, 0.25) is 0 Å². The van der Waals surface area contributed by atoms with Gasteiger partial charge in [-0.2, -0.15) is 5.26 Å². The molecule has 11 heteroatoms. The Morgan fingerprint density at radius 1 is 1.35 bits per heavy atom. The highest BCUT2D eigenvalue weighted by Crippen LogP contribution is 2.39. The number of anilines is 3. The Labute approximate surface area is 213 Å². The third-order valence-electron chi connectivity index (χ3n) is 6.58. The van der Waals surface area contributed by atoms with E-state index in [1.165, 1.54) is 6.20 Å². The van der Waals surface area contributed by atoms with Gasteiger partial charge in [-0.05, 0) is 43.9 Å². The zero-order valence-electron chi connectivity index (χ0n) is 20.9. The number of nitriles is 1. The molecular weight excluding hydrogens is 477 g/mol. The van der Waals surface area contributed by atoms with Crippen LogP contribution in [0.15, 0.2) is 24.5 Å². The summed E-state index contributed by atoms with van der Waals surface area (Å²) in [6.07, 6.45) is 2.10. The molecule has 0 atom stereocenters. The van der Waals surface area contributed by atoms with Gasteiger partial charge in [-0.1, -0.05) is 0 Å². The van der Waals surface area contributed by atoms with Gasteiger partial charge in [0.05, 0.1) is 17.2 Å². The lowest BCUT2D eigenvalue weighted by Crippen LogP contribution is -2.55. The molecule has 2 aliphatic heterocycles. The zero-order valence-corrected chi connectivity index (χ0v) is 20.9. The minimum absolute atomic E-state index is 0.0368. The summed E-state index contributed by atoms with van der Waals surface area (Å²) >= 11 is 0. The summed E-state index contributed by atoms with van der Waals surface area (Å²) in [7, 11) is 0. The molecule has 1 amide bonds. The molecule has 0 aliphatic carbocycles. The van der Waals surface area contributed by atoms with Gasteiger partial charge in [0, 0.05) is 55.1 Å². The lowest BCUT2D eigenvalue weighted by atomic mass is 9.93. The summed E-state index contributed by atoms with van der Waals surface area (Å²) < 4.78 is 26.4. The number of pyridine rings is 2. The van der Waals surface area contributed by atoms with Crippen molar-refractivity contribution in [2.75, 3.05) is 49.2 Å². The van der Waals surface area contributed by atoms with Crippen LogP contribution >= 0.6 is 0 Å². The van der Waals surface area contributed by atoms with Crippen LogP contribution in [0.3, 0.4) is 0 Å². The van der Waals surface area contributed by atoms with E-state index in [9.17, 15) is 4.79 Å². The van der Waals surface area contributed by atoms with Gasteiger partial charge in [0.1, 0.15) is 24.2 Å². The monoisotopic (exact) mass is 505 g/mol. The number of ether oxygens (including phenoxy) is 2. The summed E-state index contributed by atoms with van der Waals surface area (Å²) in [5.41, 5.74) is 8.05. The minimum atomic E-state index is -0.632. The minimum Gasteiger partial charge on any atom is -0.474 e. The molecule has 0 spiro atoms. The van der Waals surface area contributed by atoms with Crippen molar-refractivity contribution in [1.82, 2.24) is 14.9 Å². The van der Waals surface area contributed by atoms with E-state index in [1.54, 1.807) is 18.3 Å². The third-order valence-corrected chi connectivity index (χ3v) is 6.58. The van der Waals surface area contributed by atoms with Gasteiger partial charge in [0.15, 0.2) is 5.82 Å². The highest BCUT2D eigenvalue weighted by atomic mass is 19.1. The number of amides is 1. The first-order valence-electron chi connectivity index (χ1n) is 12.0. The fourth-order valence-corrected chi connectivity index (χ4v) is 4.66. The van der Waals surface area contributed by atoms with Gasteiger partial charge in [-0.25, -0.2) is 19.2 Å². The molecule has 0 radical (unpaired) electrons. The maximum Gasteiger partial charge on any atom is 0.413 e. The maximum atomic E-state index is 15.3. The number of aromatic nitrogens is 2. The van der Waals surface area contributed by atoms with Gasteiger partial charge in [-0.3, -0.25) is 10.2 Å². The average molecular weight is 506 g/mol. The molecule has 4 heterocycles. The van der Waals surface area contributed by atoms with Crippen LogP contribution < -0.4 is 21.1 Å². The van der Waals surface area contributed by atoms with Crippen LogP contribution in [0.25, 0.3) is 21.9 Å². The number of benzene rings is 1. The normalized spacial score (nSPS) is 15.6. The number of carbonyl (C=O) groups excluding carboxylic acids is 1. The molecule has 5 rings (SSSR count). The molecule has 10 nitrogen and oxygen atoms in total. The van der Waals surface area contributed by atoms with Gasteiger partial charge in [0.25, 0.3) is 0 Å². The molecule has 3 aromatic rings. The second kappa shape index (κ2) is 9.37. The van der Waals surface area contributed by atoms with Crippen LogP contribution in [0, 0.1) is 29.5 Å². The number of nitrogens with one attached hydrogen (secondary N) is 2. The fraction of sp³-hybridized carbons (Fsp3) is 0.385. The third kappa shape index (κ3) is 4.80. The van der Waals surface area contributed by atoms with Crippen molar-refractivity contribution in [2.45, 2.75) is 26.9 Å². The van der Waals surface area contributed by atoms with Gasteiger partial charge in [-0.15, -0.1) is 0 Å². The van der Waals surface area contributed by atoms with E-state index in [4.69, 9.17) is 20.5 Å². The van der Waals surface area contributed by atoms with Crippen molar-refractivity contribution in [3.8, 4) is 23.1 Å². The Morgan fingerprint density at radius 3 is 2.89 bits per heavy atom. The molecule has 0 bridgehead atoms. The van der Waals surface area contributed by atoms with Crippen molar-refractivity contribution >= 4 is 34.1 Å². The van der Waals surface area contributed by atoms with Crippen LogP contribution in [-0.2, 0) is 4.74 Å². The molecule has 4 N–H and O–H groups in total. The molecule has 1 aromatic carbocycles. The van der Waals surface area contributed by atoms with Crippen molar-refractivity contribution in [3.63, 3.8) is 0 Å². The standard InChI is InChI=1S/C26H28FN7O3/c1-14-18(8-32-24-23(14)30-4-5-36-24)17-6-15-7-20(31-9-19(15)22(29)21(17)27)33-25(35)37-16-10-34(11-16)13-26(2,3)12-28/h6-9,16,30H,4-5,10-11,13,29H2,1-3H3,(H,31,33,35). The number of likely N-dealkylation sites (tertiary alicyclic amines) is 1. The van der Waals surface area contributed by atoms with E-state index in [-0.39, 0.29) is 17.6 Å². The van der Waals surface area contributed by atoms with E-state index in [0.29, 0.717) is 60.6 Å². The predicted octanol–water partition coefficient (Wildman–Crippen LogP) is 3.91. The largest absolute Gasteiger partial charge is 0.474 e. The smallest absolute Gasteiger partial charge is 0.413 e. The molecular formula is C26H28FN7O3. The highest BCUT2D eigenvalue weighted by Gasteiger charge is 2.34. The molecule has 2 aromatic heterocycles. The zero-order chi connectivity index (χ0) is 26.3. The van der Waals surface area contributed by atoms with E-state index in [1.807, 2.05) is 20.8 Å². The number of fused-ring (bicyclic) bond motifs is 2. The number of nitrogens with zero attached hydrogens (tertiary/aromatic N) is 4. The van der Waals surface area contributed by atoms with Crippen LogP contribution in [-0.4, -0.2) is 59.9 Å². The summed E-state index contributed by atoms with van der Waals surface area (Å²) in [4.78, 5) is 23.0. The molecule has 0 unspecified atom stereocenters. The average Bonchev–Trinajstić information content (AvgIpc) is 2.85. The van der Waals surface area contributed by atoms with Gasteiger partial charge in [0.2, 0.25) is 5.88 Å². The number of halogens is 1. The van der Waals surface area contributed by atoms with Gasteiger partial charge >= 0.3 is 6.09 Å². The summed E-state index contributed by atoms with van der Waals surface area (Å²) in [5, 5.41) is 16.1. The maximum absolute atomic E-state index is 15.3. The quantitative estimate of drug-likeness (QED) is 0.440. The summed E-state index contributed by atoms with van der Waals surface area (Å²) in [5.74, 6) is 0.177. The van der Waals surface area contributed by atoms with E-state index in [0.717, 1.165) is 11.3 Å². The number of hydrogen-bond donors (Lipinski definition) is 3. The van der Waals surface area contributed by atoms with Crippen LogP contribution in [0.5, 0.6) is 5.88 Å². The van der Waals surface area contributed by atoms with Crippen molar-refractivity contribution < 1.29 is 18.7 Å². The molecule has 37 heavy (non-hydrogen) atoms. The first-order valence-corrected chi connectivity index (χ1v) is 12.0. The topological polar surface area (TPSA) is 138 Å². The van der Waals surface area contributed by atoms with E-state index in [2.05, 4.69) is 31.6 Å². The van der Waals surface area contributed by atoms with Crippen molar-refractivity contribution in [3.05, 3.63) is 35.9 Å². The number of nitrogens with two attached hydrogens (primary N) is 1. The first kappa shape index (κ1) is 24.5. The Balaban J connectivity index is 1.33. The van der Waals surface area contributed by atoms with Crippen LogP contribution in [0.4, 0.5) is 26.4 Å². The molecule has 1 saturated heterocycles. The summed E-state index contributed by atoms with van der Waals surface area (Å²) in [6.45, 7) is 8.51. The second-order valence-corrected chi connectivity index (χ2v) is 10.0. The van der Waals surface area contributed by atoms with Crippen LogP contribution in [0.1, 0.15) is 19.4 Å². The Bertz CT molecular complexity index is 1430. The highest BCUT2D eigenvalue weighted by molar-refractivity contribution is 5.99. The summed E-state index contributed by atoms with van der Waals surface area (Å²) in [6, 6.07) is 5.56. The number of nitrogen functional groups attached to an aromatic ring is 1. The second-order valence-electron chi connectivity index (χ2n) is 10.0. The lowest BCUT2D eigenvalue weighted by molar-refractivity contribution is -0.0181. The fourth-order valence-electron chi connectivity index (χ4n) is 4.66. The number of hydrogen-bond acceptors (Lipinski definition) is 9. The molecule has 1 fully saturated rings. The number of rotatable bonds is 5. The van der Waals surface area contributed by atoms with Crippen molar-refractivity contribution in [2.24, 2.45) is 5.41 Å². The first-order chi connectivity index (χ1) is 17.6.